The molecule has 1 N–H and O–H groups in total. The molecular weight excluding hydrogens is 321 g/mol. The van der Waals surface area contributed by atoms with Gasteiger partial charge in [-0.05, 0) is 58.7 Å². The minimum absolute atomic E-state index is 0.385. The molecule has 0 radical (unpaired) electrons. The number of rotatable bonds is 6. The van der Waals surface area contributed by atoms with E-state index in [-0.39, 0.29) is 6.09 Å². The fourth-order valence-corrected chi connectivity index (χ4v) is 2.99. The Morgan fingerprint density at radius 1 is 1.36 bits per heavy atom. The van der Waals surface area contributed by atoms with Crippen LogP contribution in [-0.4, -0.2) is 53.4 Å². The quantitative estimate of drug-likeness (QED) is 0.799. The Bertz CT molecular complexity index is 537. The fraction of sp³-hybridized carbons (Fsp3) is 0.684. The predicted octanol–water partition coefficient (Wildman–Crippen LogP) is 3.34. The Balaban J connectivity index is 1.63. The topological polar surface area (TPSA) is 54.5 Å². The van der Waals surface area contributed by atoms with Crippen LogP contribution in [0, 0.1) is 0 Å². The number of halogens is 1. The number of nitrogens with one attached hydrogen (secondary N) is 1. The normalized spacial score (nSPS) is 17.9. The first-order valence-electron chi connectivity index (χ1n) is 9.04. The van der Waals surface area contributed by atoms with Gasteiger partial charge in [0.1, 0.15) is 11.3 Å². The van der Waals surface area contributed by atoms with Crippen molar-refractivity contribution in [3.8, 4) is 0 Å². The molecule has 0 unspecified atom stereocenters. The van der Waals surface area contributed by atoms with E-state index in [1.54, 1.807) is 6.20 Å². The lowest BCUT2D eigenvalue weighted by Gasteiger charge is -2.36. The first kappa shape index (κ1) is 19.6. The Hall–Kier alpha value is -1.69. The fourth-order valence-electron chi connectivity index (χ4n) is 2.99. The summed E-state index contributed by atoms with van der Waals surface area (Å²) >= 11 is 0. The summed E-state index contributed by atoms with van der Waals surface area (Å²) in [6.07, 6.45) is 3.61. The summed E-state index contributed by atoms with van der Waals surface area (Å²) in [6.45, 7) is 8.44. The maximum atomic E-state index is 14.9. The van der Waals surface area contributed by atoms with Crippen molar-refractivity contribution in [3.05, 3.63) is 30.1 Å². The largest absolute Gasteiger partial charge is 0.444 e. The highest BCUT2D eigenvalue weighted by molar-refractivity contribution is 5.67. The van der Waals surface area contributed by atoms with Gasteiger partial charge < -0.3 is 15.0 Å². The average Bonchev–Trinajstić information content (AvgIpc) is 2.52. The number of alkyl carbamates (subject to hydrolysis) is 1. The Labute approximate surface area is 150 Å². The van der Waals surface area contributed by atoms with Gasteiger partial charge in [-0.3, -0.25) is 4.98 Å². The van der Waals surface area contributed by atoms with Gasteiger partial charge >= 0.3 is 6.09 Å². The van der Waals surface area contributed by atoms with Crippen molar-refractivity contribution < 1.29 is 13.9 Å². The van der Waals surface area contributed by atoms with Gasteiger partial charge in [0.2, 0.25) is 0 Å². The van der Waals surface area contributed by atoms with Gasteiger partial charge in [-0.15, -0.1) is 0 Å². The molecule has 25 heavy (non-hydrogen) atoms. The van der Waals surface area contributed by atoms with Crippen LogP contribution >= 0.6 is 0 Å². The van der Waals surface area contributed by atoms with E-state index in [2.05, 4.69) is 15.2 Å². The standard InChI is InChI=1S/C19H30FN3O2/c1-18(2,3)25-17(24)22-11-6-12-23-13-8-19(20,9-14-23)15-16-7-4-5-10-21-16/h4-5,7,10H,6,8-9,11-15H2,1-3H3,(H,22,24). The SMILES string of the molecule is CC(C)(C)OC(=O)NCCCN1CCC(F)(Cc2ccccn2)CC1. The monoisotopic (exact) mass is 351 g/mol. The van der Waals surface area contributed by atoms with E-state index in [1.807, 2.05) is 39.0 Å². The molecule has 0 aromatic carbocycles. The number of nitrogens with zero attached hydrogens (tertiary/aromatic N) is 2. The van der Waals surface area contributed by atoms with Crippen LogP contribution in [0.5, 0.6) is 0 Å². The molecule has 140 valence electrons. The van der Waals surface area contributed by atoms with Crippen LogP contribution in [0.15, 0.2) is 24.4 Å². The number of aromatic nitrogens is 1. The summed E-state index contributed by atoms with van der Waals surface area (Å²) in [6, 6.07) is 5.64. The van der Waals surface area contributed by atoms with Crippen LogP contribution in [0.2, 0.25) is 0 Å². The number of amides is 1. The zero-order valence-corrected chi connectivity index (χ0v) is 15.6. The lowest BCUT2D eigenvalue weighted by Crippen LogP contribution is -2.44. The molecule has 1 aromatic heterocycles. The molecular formula is C19H30FN3O2. The highest BCUT2D eigenvalue weighted by Crippen LogP contribution is 2.29. The lowest BCUT2D eigenvalue weighted by atomic mass is 9.88. The van der Waals surface area contributed by atoms with Crippen LogP contribution in [0.4, 0.5) is 9.18 Å². The number of piperidine rings is 1. The number of carbonyl (C=O) groups excluding carboxylic acids is 1. The Kier molecular flexibility index (Phi) is 6.76. The first-order chi connectivity index (χ1) is 11.8. The maximum Gasteiger partial charge on any atom is 0.407 e. The van der Waals surface area contributed by atoms with Crippen molar-refractivity contribution in [2.24, 2.45) is 0 Å². The van der Waals surface area contributed by atoms with Crippen molar-refractivity contribution in [1.82, 2.24) is 15.2 Å². The molecule has 6 heteroatoms. The maximum absolute atomic E-state index is 14.9. The number of hydrogen-bond donors (Lipinski definition) is 1. The zero-order chi connectivity index (χ0) is 18.3. The summed E-state index contributed by atoms with van der Waals surface area (Å²) in [5.41, 5.74) is -0.811. The minimum Gasteiger partial charge on any atom is -0.444 e. The molecule has 1 aromatic rings. The van der Waals surface area contributed by atoms with E-state index in [0.29, 0.717) is 25.8 Å². The van der Waals surface area contributed by atoms with Crippen LogP contribution in [0.1, 0.15) is 45.7 Å². The van der Waals surface area contributed by atoms with Gasteiger partial charge in [0.25, 0.3) is 0 Å². The second-order valence-electron chi connectivity index (χ2n) is 7.77. The van der Waals surface area contributed by atoms with Crippen LogP contribution in [0.3, 0.4) is 0 Å². The Morgan fingerprint density at radius 3 is 2.68 bits per heavy atom. The summed E-state index contributed by atoms with van der Waals surface area (Å²) < 4.78 is 20.1. The van der Waals surface area contributed by atoms with Gasteiger partial charge in [-0.2, -0.15) is 0 Å². The lowest BCUT2D eigenvalue weighted by molar-refractivity contribution is 0.0508. The van der Waals surface area contributed by atoms with Gasteiger partial charge in [0, 0.05) is 37.9 Å². The molecule has 1 saturated heterocycles. The molecule has 1 aliphatic rings. The molecule has 0 spiro atoms. The highest BCUT2D eigenvalue weighted by atomic mass is 19.1. The molecule has 2 rings (SSSR count). The molecule has 1 aliphatic heterocycles. The van der Waals surface area contributed by atoms with E-state index >= 15 is 0 Å². The van der Waals surface area contributed by atoms with E-state index in [1.165, 1.54) is 0 Å². The zero-order valence-electron chi connectivity index (χ0n) is 15.6. The third kappa shape index (κ3) is 7.38. The number of ether oxygens (including phenoxy) is 1. The van der Waals surface area contributed by atoms with Gasteiger partial charge in [0.15, 0.2) is 0 Å². The molecule has 0 saturated carbocycles. The summed E-state index contributed by atoms with van der Waals surface area (Å²) in [7, 11) is 0. The second kappa shape index (κ2) is 8.61. The third-order valence-electron chi connectivity index (χ3n) is 4.30. The second-order valence-corrected chi connectivity index (χ2v) is 7.77. The smallest absolute Gasteiger partial charge is 0.407 e. The van der Waals surface area contributed by atoms with Crippen LogP contribution in [0.25, 0.3) is 0 Å². The molecule has 0 bridgehead atoms. The van der Waals surface area contributed by atoms with Crippen molar-refractivity contribution in [2.75, 3.05) is 26.2 Å². The molecule has 0 atom stereocenters. The van der Waals surface area contributed by atoms with Crippen molar-refractivity contribution in [2.45, 2.75) is 57.7 Å². The van der Waals surface area contributed by atoms with Gasteiger partial charge in [0.05, 0.1) is 0 Å². The van der Waals surface area contributed by atoms with Gasteiger partial charge in [-0.25, -0.2) is 9.18 Å². The van der Waals surface area contributed by atoms with Crippen molar-refractivity contribution in [3.63, 3.8) is 0 Å². The van der Waals surface area contributed by atoms with E-state index in [9.17, 15) is 9.18 Å². The molecule has 1 amide bonds. The minimum atomic E-state index is -1.15. The summed E-state index contributed by atoms with van der Waals surface area (Å²) in [4.78, 5) is 18.1. The number of hydrogen-bond acceptors (Lipinski definition) is 4. The van der Waals surface area contributed by atoms with Crippen LogP contribution < -0.4 is 5.32 Å². The van der Waals surface area contributed by atoms with E-state index < -0.39 is 11.3 Å². The van der Waals surface area contributed by atoms with Crippen molar-refractivity contribution in [1.29, 1.82) is 0 Å². The number of alkyl halides is 1. The molecule has 1 fully saturated rings. The molecule has 5 nitrogen and oxygen atoms in total. The van der Waals surface area contributed by atoms with Crippen LogP contribution in [-0.2, 0) is 11.2 Å². The van der Waals surface area contributed by atoms with Gasteiger partial charge in [-0.1, -0.05) is 6.07 Å². The average molecular weight is 351 g/mol. The van der Waals surface area contributed by atoms with E-state index in [4.69, 9.17) is 4.74 Å². The molecule has 0 aliphatic carbocycles. The highest BCUT2D eigenvalue weighted by Gasteiger charge is 2.34. The Morgan fingerprint density at radius 2 is 2.08 bits per heavy atom. The molecule has 2 heterocycles. The number of pyridine rings is 1. The van der Waals surface area contributed by atoms with Crippen molar-refractivity contribution >= 4 is 6.09 Å². The van der Waals surface area contributed by atoms with E-state index in [0.717, 1.165) is 31.7 Å². The first-order valence-corrected chi connectivity index (χ1v) is 9.04. The predicted molar refractivity (Wildman–Crippen MR) is 96.3 cm³/mol. The summed E-state index contributed by atoms with van der Waals surface area (Å²) in [5, 5.41) is 2.76. The number of carbonyl (C=O) groups is 1. The number of likely N-dealkylation sites (tertiary alicyclic amines) is 1. The third-order valence-corrected chi connectivity index (χ3v) is 4.30. The summed E-state index contributed by atoms with van der Waals surface area (Å²) in [5.74, 6) is 0.